The van der Waals surface area contributed by atoms with Crippen molar-refractivity contribution in [1.82, 2.24) is 9.78 Å². The molecule has 1 aromatic heterocycles. The van der Waals surface area contributed by atoms with Crippen LogP contribution in [0.25, 0.3) is 0 Å². The highest BCUT2D eigenvalue weighted by Crippen LogP contribution is 2.12. The number of carbonyl (C=O) groups excluding carboxylic acids is 2. The Bertz CT molecular complexity index is 412. The van der Waals surface area contributed by atoms with Crippen molar-refractivity contribution in [1.29, 1.82) is 0 Å². The van der Waals surface area contributed by atoms with E-state index in [1.807, 2.05) is 6.92 Å². The predicted octanol–water partition coefficient (Wildman–Crippen LogP) is 1.26. The van der Waals surface area contributed by atoms with Crippen molar-refractivity contribution >= 4 is 11.9 Å². The third-order valence-electron chi connectivity index (χ3n) is 2.10. The van der Waals surface area contributed by atoms with E-state index < -0.39 is 11.9 Å². The number of hydrogen-bond acceptors (Lipinski definition) is 5. The third-order valence-corrected chi connectivity index (χ3v) is 2.10. The summed E-state index contributed by atoms with van der Waals surface area (Å²) in [6.07, 6.45) is 1.33. The molecule has 0 fully saturated rings. The Morgan fingerprint density at radius 2 is 1.76 bits per heavy atom. The first-order valence-electron chi connectivity index (χ1n) is 5.55. The van der Waals surface area contributed by atoms with E-state index in [0.29, 0.717) is 6.54 Å². The molecule has 0 radical (unpaired) electrons. The fourth-order valence-electron chi connectivity index (χ4n) is 1.40. The summed E-state index contributed by atoms with van der Waals surface area (Å²) < 4.78 is 11.2. The maximum absolute atomic E-state index is 11.7. The van der Waals surface area contributed by atoms with Crippen LogP contribution in [-0.2, 0) is 16.0 Å². The molecule has 0 atom stereocenters. The zero-order chi connectivity index (χ0) is 12.8. The molecule has 0 bridgehead atoms. The maximum Gasteiger partial charge on any atom is 0.357 e. The number of ether oxygens (including phenoxy) is 2. The molecule has 6 heteroatoms. The zero-order valence-corrected chi connectivity index (χ0v) is 10.2. The van der Waals surface area contributed by atoms with Crippen molar-refractivity contribution in [3.63, 3.8) is 0 Å². The van der Waals surface area contributed by atoms with Gasteiger partial charge in [0.25, 0.3) is 0 Å². The molecule has 1 aromatic rings. The smallest absolute Gasteiger partial charge is 0.357 e. The van der Waals surface area contributed by atoms with E-state index in [2.05, 4.69) is 5.10 Å². The SMILES string of the molecule is CCOC(=O)c1cnn(CC)c1C(=O)OCC. The van der Waals surface area contributed by atoms with Crippen LogP contribution in [0.3, 0.4) is 0 Å². The molecule has 0 unspecified atom stereocenters. The van der Waals surface area contributed by atoms with Crippen LogP contribution in [0, 0.1) is 0 Å². The number of esters is 2. The van der Waals surface area contributed by atoms with E-state index in [1.54, 1.807) is 13.8 Å². The van der Waals surface area contributed by atoms with Gasteiger partial charge in [-0.3, -0.25) is 4.68 Å². The van der Waals surface area contributed by atoms with Crippen molar-refractivity contribution < 1.29 is 19.1 Å². The maximum atomic E-state index is 11.7. The summed E-state index contributed by atoms with van der Waals surface area (Å²) in [7, 11) is 0. The van der Waals surface area contributed by atoms with Crippen molar-refractivity contribution in [2.24, 2.45) is 0 Å². The van der Waals surface area contributed by atoms with Crippen LogP contribution in [0.1, 0.15) is 41.6 Å². The lowest BCUT2D eigenvalue weighted by atomic mass is 10.2. The predicted molar refractivity (Wildman–Crippen MR) is 59.8 cm³/mol. The van der Waals surface area contributed by atoms with Gasteiger partial charge in [-0.15, -0.1) is 0 Å². The quantitative estimate of drug-likeness (QED) is 0.724. The number of aryl methyl sites for hydroxylation is 1. The fourth-order valence-corrected chi connectivity index (χ4v) is 1.40. The van der Waals surface area contributed by atoms with Crippen LogP contribution in [0.4, 0.5) is 0 Å². The van der Waals surface area contributed by atoms with Gasteiger partial charge in [0.15, 0.2) is 5.69 Å². The van der Waals surface area contributed by atoms with Gasteiger partial charge in [-0.25, -0.2) is 9.59 Å². The Morgan fingerprint density at radius 3 is 2.29 bits per heavy atom. The van der Waals surface area contributed by atoms with Gasteiger partial charge in [0.2, 0.25) is 0 Å². The molecular weight excluding hydrogens is 224 g/mol. The molecule has 0 N–H and O–H groups in total. The second kappa shape index (κ2) is 6.03. The largest absolute Gasteiger partial charge is 0.462 e. The third kappa shape index (κ3) is 2.83. The minimum atomic E-state index is -0.560. The monoisotopic (exact) mass is 240 g/mol. The lowest BCUT2D eigenvalue weighted by Gasteiger charge is -2.06. The molecular formula is C11H16N2O4. The first-order chi connectivity index (χ1) is 8.15. The highest BCUT2D eigenvalue weighted by atomic mass is 16.5. The van der Waals surface area contributed by atoms with Gasteiger partial charge < -0.3 is 9.47 Å². The normalized spacial score (nSPS) is 10.1. The molecule has 0 amide bonds. The lowest BCUT2D eigenvalue weighted by Crippen LogP contribution is -2.17. The van der Waals surface area contributed by atoms with Crippen molar-refractivity contribution in [2.75, 3.05) is 13.2 Å². The molecule has 0 saturated carbocycles. The van der Waals surface area contributed by atoms with Gasteiger partial charge in [-0.2, -0.15) is 5.10 Å². The average molecular weight is 240 g/mol. The Morgan fingerprint density at radius 1 is 1.18 bits per heavy atom. The Labute approximate surface area is 99.5 Å². The van der Waals surface area contributed by atoms with E-state index in [-0.39, 0.29) is 24.5 Å². The summed E-state index contributed by atoms with van der Waals surface area (Å²) in [6, 6.07) is 0. The fraction of sp³-hybridized carbons (Fsp3) is 0.545. The van der Waals surface area contributed by atoms with Crippen LogP contribution in [-0.4, -0.2) is 34.9 Å². The standard InChI is InChI=1S/C11H16N2O4/c1-4-13-9(11(15)17-6-3)8(7-12-13)10(14)16-5-2/h7H,4-6H2,1-3H3. The van der Waals surface area contributed by atoms with E-state index in [9.17, 15) is 9.59 Å². The Kier molecular flexibility index (Phi) is 4.68. The van der Waals surface area contributed by atoms with Crippen molar-refractivity contribution in [3.05, 3.63) is 17.5 Å². The first kappa shape index (κ1) is 13.2. The Balaban J connectivity index is 3.09. The van der Waals surface area contributed by atoms with E-state index >= 15 is 0 Å². The van der Waals surface area contributed by atoms with Crippen LogP contribution in [0.15, 0.2) is 6.20 Å². The van der Waals surface area contributed by atoms with Crippen molar-refractivity contribution in [3.8, 4) is 0 Å². The summed E-state index contributed by atoms with van der Waals surface area (Å²) in [4.78, 5) is 23.3. The van der Waals surface area contributed by atoms with Crippen LogP contribution in [0.5, 0.6) is 0 Å². The van der Waals surface area contributed by atoms with Gasteiger partial charge in [-0.1, -0.05) is 0 Å². The summed E-state index contributed by atoms with van der Waals surface area (Å²) >= 11 is 0. The lowest BCUT2D eigenvalue weighted by molar-refractivity contribution is 0.0470. The van der Waals surface area contributed by atoms with E-state index in [1.165, 1.54) is 10.9 Å². The second-order valence-corrected chi connectivity index (χ2v) is 3.16. The number of hydrogen-bond donors (Lipinski definition) is 0. The average Bonchev–Trinajstić information content (AvgIpc) is 2.73. The molecule has 0 spiro atoms. The summed E-state index contributed by atoms with van der Waals surface area (Å²) in [5.41, 5.74) is 0.292. The van der Waals surface area contributed by atoms with Crippen LogP contribution in [0.2, 0.25) is 0 Å². The first-order valence-corrected chi connectivity index (χ1v) is 5.55. The van der Waals surface area contributed by atoms with Gasteiger partial charge in [0.1, 0.15) is 5.56 Å². The van der Waals surface area contributed by atoms with Crippen LogP contribution >= 0.6 is 0 Å². The molecule has 0 aliphatic heterocycles. The summed E-state index contributed by atoms with van der Waals surface area (Å²) in [5.74, 6) is -1.12. The minimum Gasteiger partial charge on any atom is -0.462 e. The molecule has 17 heavy (non-hydrogen) atoms. The molecule has 0 aromatic carbocycles. The van der Waals surface area contributed by atoms with E-state index in [4.69, 9.17) is 9.47 Å². The Hall–Kier alpha value is -1.85. The summed E-state index contributed by atoms with van der Waals surface area (Å²) in [6.45, 7) is 6.20. The van der Waals surface area contributed by atoms with Gasteiger partial charge in [0.05, 0.1) is 19.4 Å². The molecule has 94 valence electrons. The molecule has 0 saturated heterocycles. The molecule has 0 aliphatic rings. The number of carbonyl (C=O) groups is 2. The highest BCUT2D eigenvalue weighted by Gasteiger charge is 2.24. The van der Waals surface area contributed by atoms with Gasteiger partial charge in [0, 0.05) is 6.54 Å². The second-order valence-electron chi connectivity index (χ2n) is 3.16. The molecule has 1 rings (SSSR count). The van der Waals surface area contributed by atoms with Crippen LogP contribution < -0.4 is 0 Å². The molecule has 1 heterocycles. The number of nitrogens with zero attached hydrogens (tertiary/aromatic N) is 2. The van der Waals surface area contributed by atoms with Gasteiger partial charge in [-0.05, 0) is 20.8 Å². The summed E-state index contributed by atoms with van der Waals surface area (Å²) in [5, 5.41) is 3.96. The topological polar surface area (TPSA) is 70.4 Å². The molecule has 6 nitrogen and oxygen atoms in total. The minimum absolute atomic E-state index is 0.146. The molecule has 0 aliphatic carbocycles. The van der Waals surface area contributed by atoms with Gasteiger partial charge >= 0.3 is 11.9 Å². The number of rotatable bonds is 5. The highest BCUT2D eigenvalue weighted by molar-refractivity contribution is 6.01. The van der Waals surface area contributed by atoms with E-state index in [0.717, 1.165) is 0 Å². The van der Waals surface area contributed by atoms with Crippen molar-refractivity contribution in [2.45, 2.75) is 27.3 Å². The number of aromatic nitrogens is 2. The zero-order valence-electron chi connectivity index (χ0n) is 10.2.